The van der Waals surface area contributed by atoms with Crippen molar-refractivity contribution in [2.75, 3.05) is 5.32 Å². The Hall–Kier alpha value is -3.97. The third-order valence-corrected chi connectivity index (χ3v) is 6.01. The first-order valence-electron chi connectivity index (χ1n) is 10.1. The second kappa shape index (κ2) is 8.28. The zero-order valence-electron chi connectivity index (χ0n) is 17.5. The van der Waals surface area contributed by atoms with Crippen LogP contribution >= 0.6 is 11.3 Å². The molecule has 0 bridgehead atoms. The van der Waals surface area contributed by atoms with E-state index in [1.165, 1.54) is 0 Å². The molecule has 6 nitrogen and oxygen atoms in total. The molecule has 3 heterocycles. The number of hydrogen-bond acceptors (Lipinski definition) is 6. The summed E-state index contributed by atoms with van der Waals surface area (Å²) in [6.07, 6.45) is 1.76. The predicted octanol–water partition coefficient (Wildman–Crippen LogP) is 5.68. The second-order valence-corrected chi connectivity index (χ2v) is 8.24. The lowest BCUT2D eigenvalue weighted by atomic mass is 10.1. The number of thiazole rings is 1. The van der Waals surface area contributed by atoms with E-state index in [4.69, 9.17) is 4.98 Å². The van der Waals surface area contributed by atoms with E-state index < -0.39 is 0 Å². The van der Waals surface area contributed by atoms with Crippen molar-refractivity contribution in [3.05, 3.63) is 89.2 Å². The molecule has 32 heavy (non-hydrogen) atoms. The summed E-state index contributed by atoms with van der Waals surface area (Å²) in [6.45, 7) is 3.84. The summed E-state index contributed by atoms with van der Waals surface area (Å²) in [6, 6.07) is 18.8. The van der Waals surface area contributed by atoms with Gasteiger partial charge in [-0.15, -0.1) is 11.3 Å². The fraction of sp³-hybridized carbons (Fsp3) is 0.0800. The van der Waals surface area contributed by atoms with E-state index in [-0.39, 0.29) is 5.91 Å². The first-order valence-corrected chi connectivity index (χ1v) is 11.0. The third-order valence-electron chi connectivity index (χ3n) is 5.14. The first-order chi connectivity index (χ1) is 15.6. The Labute approximate surface area is 189 Å². The molecule has 5 aromatic rings. The van der Waals surface area contributed by atoms with Crippen molar-refractivity contribution in [1.29, 1.82) is 0 Å². The number of hydrogen-bond donors (Lipinski definition) is 1. The molecule has 5 rings (SSSR count). The lowest BCUT2D eigenvalue weighted by Gasteiger charge is -2.08. The molecule has 0 saturated carbocycles. The number of pyridine rings is 1. The number of nitrogens with zero attached hydrogens (tertiary/aromatic N) is 4. The van der Waals surface area contributed by atoms with Gasteiger partial charge in [0.25, 0.3) is 5.91 Å². The molecule has 0 radical (unpaired) electrons. The zero-order valence-corrected chi connectivity index (χ0v) is 18.4. The summed E-state index contributed by atoms with van der Waals surface area (Å²) in [5, 5.41) is 5.83. The van der Waals surface area contributed by atoms with Crippen LogP contribution in [0.25, 0.3) is 33.0 Å². The molecule has 0 aliphatic heterocycles. The first kappa shape index (κ1) is 20.0. The summed E-state index contributed by atoms with van der Waals surface area (Å²) in [4.78, 5) is 31.0. The van der Waals surface area contributed by atoms with Crippen LogP contribution in [0.2, 0.25) is 0 Å². The van der Waals surface area contributed by atoms with Crippen LogP contribution in [0.3, 0.4) is 0 Å². The summed E-state index contributed by atoms with van der Waals surface area (Å²) >= 11 is 1.54. The molecule has 1 N–H and O–H groups in total. The Morgan fingerprint density at radius 1 is 0.844 bits per heavy atom. The Morgan fingerprint density at radius 2 is 1.69 bits per heavy atom. The van der Waals surface area contributed by atoms with Crippen molar-refractivity contribution in [2.24, 2.45) is 0 Å². The Balaban J connectivity index is 1.38. The average molecular weight is 438 g/mol. The number of benzene rings is 2. The number of nitrogens with one attached hydrogen (secondary N) is 1. The van der Waals surface area contributed by atoms with Crippen molar-refractivity contribution in [3.63, 3.8) is 0 Å². The van der Waals surface area contributed by atoms with E-state index in [9.17, 15) is 4.79 Å². The fourth-order valence-corrected chi connectivity index (χ4v) is 4.15. The van der Waals surface area contributed by atoms with Gasteiger partial charge in [-0.1, -0.05) is 18.2 Å². The lowest BCUT2D eigenvalue weighted by molar-refractivity contribution is 0.102. The molecular weight excluding hydrogens is 418 g/mol. The van der Waals surface area contributed by atoms with Gasteiger partial charge in [0, 0.05) is 28.4 Å². The standard InChI is InChI=1S/C25H19N5OS/c1-15-16(2)28-22-13-18(9-10-20(22)27-15)24(31)29-19-7-5-6-17(12-19)23-14-32-25(30-23)21-8-3-4-11-26-21/h3-14H,1-2H3,(H,29,31). The molecule has 0 spiro atoms. The summed E-state index contributed by atoms with van der Waals surface area (Å²) in [7, 11) is 0. The topological polar surface area (TPSA) is 80.7 Å². The molecular formula is C25H19N5OS. The lowest BCUT2D eigenvalue weighted by Crippen LogP contribution is -2.12. The van der Waals surface area contributed by atoms with Crippen LogP contribution < -0.4 is 5.32 Å². The monoisotopic (exact) mass is 437 g/mol. The highest BCUT2D eigenvalue weighted by Crippen LogP contribution is 2.29. The summed E-state index contributed by atoms with van der Waals surface area (Å²) < 4.78 is 0. The second-order valence-electron chi connectivity index (χ2n) is 7.39. The van der Waals surface area contributed by atoms with E-state index in [1.54, 1.807) is 29.7 Å². The van der Waals surface area contributed by atoms with Crippen LogP contribution in [0.4, 0.5) is 5.69 Å². The van der Waals surface area contributed by atoms with E-state index in [0.717, 1.165) is 38.9 Å². The van der Waals surface area contributed by atoms with Crippen molar-refractivity contribution in [2.45, 2.75) is 13.8 Å². The van der Waals surface area contributed by atoms with Gasteiger partial charge in [0.1, 0.15) is 5.01 Å². The molecule has 0 atom stereocenters. The maximum Gasteiger partial charge on any atom is 0.255 e. The molecule has 156 valence electrons. The highest BCUT2D eigenvalue weighted by molar-refractivity contribution is 7.13. The quantitative estimate of drug-likeness (QED) is 0.391. The molecule has 2 aromatic carbocycles. The van der Waals surface area contributed by atoms with Crippen molar-refractivity contribution in [3.8, 4) is 22.0 Å². The van der Waals surface area contributed by atoms with Crippen LogP contribution in [0.15, 0.2) is 72.2 Å². The van der Waals surface area contributed by atoms with E-state index in [2.05, 4.69) is 20.3 Å². The molecule has 0 unspecified atom stereocenters. The smallest absolute Gasteiger partial charge is 0.255 e. The molecule has 0 aliphatic carbocycles. The molecule has 7 heteroatoms. The van der Waals surface area contributed by atoms with Crippen LogP contribution in [-0.2, 0) is 0 Å². The van der Waals surface area contributed by atoms with Crippen LogP contribution in [0, 0.1) is 13.8 Å². The molecule has 0 aliphatic rings. The normalized spacial score (nSPS) is 10.9. The number of rotatable bonds is 4. The van der Waals surface area contributed by atoms with Gasteiger partial charge in [-0.05, 0) is 56.3 Å². The van der Waals surface area contributed by atoms with Gasteiger partial charge < -0.3 is 5.32 Å². The SMILES string of the molecule is Cc1nc2ccc(C(=O)Nc3cccc(-c4csc(-c5ccccn5)n4)c3)cc2nc1C. The van der Waals surface area contributed by atoms with Crippen LogP contribution in [0.1, 0.15) is 21.7 Å². The number of carbonyl (C=O) groups is 1. The Kier molecular flexibility index (Phi) is 5.17. The minimum absolute atomic E-state index is 0.198. The van der Waals surface area contributed by atoms with Gasteiger partial charge in [0.2, 0.25) is 0 Å². The number of amides is 1. The Bertz CT molecular complexity index is 1450. The summed E-state index contributed by atoms with van der Waals surface area (Å²) in [5.41, 5.74) is 7.08. The van der Waals surface area contributed by atoms with Crippen molar-refractivity contribution < 1.29 is 4.79 Å². The van der Waals surface area contributed by atoms with Gasteiger partial charge in [-0.25, -0.2) is 15.0 Å². The minimum Gasteiger partial charge on any atom is -0.322 e. The minimum atomic E-state index is -0.198. The van der Waals surface area contributed by atoms with Crippen molar-refractivity contribution in [1.82, 2.24) is 19.9 Å². The maximum atomic E-state index is 12.9. The highest BCUT2D eigenvalue weighted by atomic mass is 32.1. The van der Waals surface area contributed by atoms with Crippen LogP contribution in [-0.4, -0.2) is 25.8 Å². The number of anilines is 1. The number of fused-ring (bicyclic) bond motifs is 1. The zero-order chi connectivity index (χ0) is 22.1. The van der Waals surface area contributed by atoms with Gasteiger partial charge in [-0.2, -0.15) is 0 Å². The fourth-order valence-electron chi connectivity index (χ4n) is 3.34. The average Bonchev–Trinajstić information content (AvgIpc) is 3.31. The van der Waals surface area contributed by atoms with Crippen molar-refractivity contribution >= 4 is 34.0 Å². The summed E-state index contributed by atoms with van der Waals surface area (Å²) in [5.74, 6) is -0.198. The third kappa shape index (κ3) is 3.98. The Morgan fingerprint density at radius 3 is 2.50 bits per heavy atom. The predicted molar refractivity (Wildman–Crippen MR) is 128 cm³/mol. The molecule has 0 fully saturated rings. The van der Waals surface area contributed by atoms with Gasteiger partial charge >= 0.3 is 0 Å². The molecule has 3 aromatic heterocycles. The number of carbonyl (C=O) groups excluding carboxylic acids is 1. The van der Waals surface area contributed by atoms with E-state index >= 15 is 0 Å². The van der Waals surface area contributed by atoms with E-state index in [1.807, 2.05) is 67.8 Å². The van der Waals surface area contributed by atoms with Crippen LogP contribution in [0.5, 0.6) is 0 Å². The highest BCUT2D eigenvalue weighted by Gasteiger charge is 2.11. The molecule has 0 saturated heterocycles. The van der Waals surface area contributed by atoms with E-state index in [0.29, 0.717) is 16.8 Å². The van der Waals surface area contributed by atoms with Gasteiger partial charge in [0.05, 0.1) is 33.8 Å². The number of aromatic nitrogens is 4. The van der Waals surface area contributed by atoms with Gasteiger partial charge in [0.15, 0.2) is 0 Å². The van der Waals surface area contributed by atoms with Gasteiger partial charge in [-0.3, -0.25) is 9.78 Å². The molecule has 1 amide bonds. The maximum absolute atomic E-state index is 12.9. The number of aryl methyl sites for hydroxylation is 2. The largest absolute Gasteiger partial charge is 0.322 e.